The number of ketones is 2. The summed E-state index contributed by atoms with van der Waals surface area (Å²) < 4.78 is 5.90. The molecular weight excluding hydrogens is 376 g/mol. The van der Waals surface area contributed by atoms with Gasteiger partial charge in [-0.3, -0.25) is 14.4 Å². The Balaban J connectivity index is 1.90. The van der Waals surface area contributed by atoms with Gasteiger partial charge in [-0.1, -0.05) is 87.9 Å². The van der Waals surface area contributed by atoms with Gasteiger partial charge in [-0.15, -0.1) is 0 Å². The highest BCUT2D eigenvalue weighted by Gasteiger charge is 2.40. The summed E-state index contributed by atoms with van der Waals surface area (Å²) in [6.45, 7) is 6.41. The third-order valence-electron chi connectivity index (χ3n) is 6.11. The number of benzene rings is 2. The summed E-state index contributed by atoms with van der Waals surface area (Å²) in [4.78, 5) is 39.7. The summed E-state index contributed by atoms with van der Waals surface area (Å²) >= 11 is 0. The number of carbonyl (C=O) groups excluding carboxylic acids is 3. The molecular formula is C26H30O4. The van der Waals surface area contributed by atoms with Gasteiger partial charge in [0.25, 0.3) is 0 Å². The van der Waals surface area contributed by atoms with Crippen molar-refractivity contribution in [2.75, 3.05) is 0 Å². The van der Waals surface area contributed by atoms with Crippen molar-refractivity contribution in [2.24, 2.45) is 23.7 Å². The molecule has 0 amide bonds. The van der Waals surface area contributed by atoms with Gasteiger partial charge in [0, 0.05) is 11.1 Å². The molecule has 3 rings (SSSR count). The van der Waals surface area contributed by atoms with Gasteiger partial charge in [0.1, 0.15) is 6.10 Å². The lowest BCUT2D eigenvalue weighted by Gasteiger charge is -2.37. The molecule has 1 saturated carbocycles. The van der Waals surface area contributed by atoms with Crippen molar-refractivity contribution in [3.05, 3.63) is 71.8 Å². The molecule has 1 aliphatic carbocycles. The molecule has 0 unspecified atom stereocenters. The highest BCUT2D eigenvalue weighted by Crippen LogP contribution is 2.36. The van der Waals surface area contributed by atoms with E-state index in [0.29, 0.717) is 23.0 Å². The van der Waals surface area contributed by atoms with Gasteiger partial charge >= 0.3 is 5.97 Å². The van der Waals surface area contributed by atoms with Crippen LogP contribution in [0.5, 0.6) is 0 Å². The fourth-order valence-electron chi connectivity index (χ4n) is 4.34. The molecule has 0 bridgehead atoms. The molecule has 4 nitrogen and oxygen atoms in total. The fraction of sp³-hybridized carbons (Fsp3) is 0.423. The summed E-state index contributed by atoms with van der Waals surface area (Å²) in [7, 11) is 0. The zero-order valence-corrected chi connectivity index (χ0v) is 17.9. The summed E-state index contributed by atoms with van der Waals surface area (Å²) in [6, 6.07) is 17.0. The Morgan fingerprint density at radius 1 is 0.833 bits per heavy atom. The molecule has 30 heavy (non-hydrogen) atoms. The first kappa shape index (κ1) is 21.9. The highest BCUT2D eigenvalue weighted by molar-refractivity contribution is 6.26. The van der Waals surface area contributed by atoms with Crippen LogP contribution in [0, 0.1) is 23.7 Å². The van der Waals surface area contributed by atoms with Crippen molar-refractivity contribution in [3.63, 3.8) is 0 Å². The van der Waals surface area contributed by atoms with Crippen molar-refractivity contribution in [2.45, 2.75) is 46.1 Å². The Bertz CT molecular complexity index is 821. The SMILES string of the molecule is CC(C)[C@H]1CC[C@@H](C)C[C@H]1OC(=O)C(C(=O)c1ccccc1)C(=O)c1ccccc1. The van der Waals surface area contributed by atoms with E-state index in [4.69, 9.17) is 4.74 Å². The molecule has 1 fully saturated rings. The average Bonchev–Trinajstić information content (AvgIpc) is 2.74. The fourth-order valence-corrected chi connectivity index (χ4v) is 4.34. The standard InChI is InChI=1S/C26H30O4/c1-17(2)21-15-14-18(3)16-22(21)30-26(29)23(24(27)19-10-6-4-7-11-19)25(28)20-12-8-5-9-13-20/h4-13,17-18,21-23H,14-16H2,1-3H3/t18-,21-,22-/m1/s1. The van der Waals surface area contributed by atoms with Gasteiger partial charge < -0.3 is 4.74 Å². The number of Topliss-reactive ketones (excluding diaryl/α,β-unsaturated/α-hetero) is 2. The first-order valence-corrected chi connectivity index (χ1v) is 10.8. The van der Waals surface area contributed by atoms with Crippen molar-refractivity contribution in [1.29, 1.82) is 0 Å². The zero-order chi connectivity index (χ0) is 21.7. The van der Waals surface area contributed by atoms with Gasteiger partial charge in [0.2, 0.25) is 0 Å². The van der Waals surface area contributed by atoms with Crippen LogP contribution >= 0.6 is 0 Å². The molecule has 2 aromatic carbocycles. The van der Waals surface area contributed by atoms with E-state index in [1.54, 1.807) is 60.7 Å². The molecule has 2 aromatic rings. The van der Waals surface area contributed by atoms with Crippen LogP contribution < -0.4 is 0 Å². The normalized spacial score (nSPS) is 21.4. The van der Waals surface area contributed by atoms with Crippen LogP contribution in [0.3, 0.4) is 0 Å². The molecule has 4 heteroatoms. The molecule has 1 aliphatic rings. The zero-order valence-electron chi connectivity index (χ0n) is 17.9. The second-order valence-corrected chi connectivity index (χ2v) is 8.69. The molecule has 0 spiro atoms. The lowest BCUT2D eigenvalue weighted by atomic mass is 9.75. The molecule has 0 N–H and O–H groups in total. The van der Waals surface area contributed by atoms with Gasteiger partial charge in [0.15, 0.2) is 17.5 Å². The van der Waals surface area contributed by atoms with Gasteiger partial charge in [0.05, 0.1) is 0 Å². The Morgan fingerprint density at radius 2 is 1.33 bits per heavy atom. The maximum Gasteiger partial charge on any atom is 0.325 e. The second kappa shape index (κ2) is 9.84. The number of hydrogen-bond acceptors (Lipinski definition) is 4. The maximum absolute atomic E-state index is 13.3. The third kappa shape index (κ3) is 5.05. The number of hydrogen-bond donors (Lipinski definition) is 0. The third-order valence-corrected chi connectivity index (χ3v) is 6.11. The van der Waals surface area contributed by atoms with Crippen LogP contribution in [-0.4, -0.2) is 23.6 Å². The van der Waals surface area contributed by atoms with E-state index < -0.39 is 23.5 Å². The Labute approximate surface area is 178 Å². The lowest BCUT2D eigenvalue weighted by molar-refractivity contribution is -0.157. The number of ether oxygens (including phenoxy) is 1. The summed E-state index contributed by atoms with van der Waals surface area (Å²) in [5.41, 5.74) is 0.669. The van der Waals surface area contributed by atoms with Crippen LogP contribution in [0.25, 0.3) is 0 Å². The first-order valence-electron chi connectivity index (χ1n) is 10.8. The smallest absolute Gasteiger partial charge is 0.325 e. The molecule has 0 radical (unpaired) electrons. The van der Waals surface area contributed by atoms with Crippen LogP contribution in [0.2, 0.25) is 0 Å². The quantitative estimate of drug-likeness (QED) is 0.352. The van der Waals surface area contributed by atoms with Crippen molar-refractivity contribution >= 4 is 17.5 Å². The lowest BCUT2D eigenvalue weighted by Crippen LogP contribution is -2.41. The van der Waals surface area contributed by atoms with Crippen molar-refractivity contribution in [3.8, 4) is 0 Å². The van der Waals surface area contributed by atoms with E-state index in [0.717, 1.165) is 19.3 Å². The number of carbonyl (C=O) groups is 3. The molecule has 0 aliphatic heterocycles. The monoisotopic (exact) mass is 406 g/mol. The molecule has 0 heterocycles. The van der Waals surface area contributed by atoms with Crippen LogP contribution in [0.4, 0.5) is 0 Å². The largest absolute Gasteiger partial charge is 0.461 e. The topological polar surface area (TPSA) is 60.4 Å². The minimum absolute atomic E-state index is 0.240. The van der Waals surface area contributed by atoms with Gasteiger partial charge in [-0.05, 0) is 30.6 Å². The molecule has 158 valence electrons. The predicted octanol–water partition coefficient (Wildman–Crippen LogP) is 5.37. The van der Waals surface area contributed by atoms with Crippen LogP contribution in [0.1, 0.15) is 60.7 Å². The summed E-state index contributed by atoms with van der Waals surface area (Å²) in [5, 5.41) is 0. The number of esters is 1. The minimum Gasteiger partial charge on any atom is -0.461 e. The van der Waals surface area contributed by atoms with E-state index in [-0.39, 0.29) is 12.0 Å². The molecule has 0 saturated heterocycles. The first-order chi connectivity index (χ1) is 14.4. The predicted molar refractivity (Wildman–Crippen MR) is 116 cm³/mol. The Morgan fingerprint density at radius 3 is 1.80 bits per heavy atom. The summed E-state index contributed by atoms with van der Waals surface area (Å²) in [5.74, 6) is -2.19. The second-order valence-electron chi connectivity index (χ2n) is 8.69. The van der Waals surface area contributed by atoms with Gasteiger partial charge in [-0.25, -0.2) is 0 Å². The van der Waals surface area contributed by atoms with E-state index in [2.05, 4.69) is 20.8 Å². The average molecular weight is 407 g/mol. The van der Waals surface area contributed by atoms with Crippen LogP contribution in [0.15, 0.2) is 60.7 Å². The van der Waals surface area contributed by atoms with E-state index >= 15 is 0 Å². The van der Waals surface area contributed by atoms with E-state index in [1.165, 1.54) is 0 Å². The highest BCUT2D eigenvalue weighted by atomic mass is 16.5. The van der Waals surface area contributed by atoms with Crippen LogP contribution in [-0.2, 0) is 9.53 Å². The molecule has 0 aromatic heterocycles. The molecule has 3 atom stereocenters. The van der Waals surface area contributed by atoms with Crippen molar-refractivity contribution < 1.29 is 19.1 Å². The number of rotatable bonds is 7. The summed E-state index contributed by atoms with van der Waals surface area (Å²) in [6.07, 6.45) is 2.59. The van der Waals surface area contributed by atoms with Crippen molar-refractivity contribution in [1.82, 2.24) is 0 Å². The minimum atomic E-state index is -1.49. The Kier molecular flexibility index (Phi) is 7.20. The Hall–Kier alpha value is -2.75. The maximum atomic E-state index is 13.3. The van der Waals surface area contributed by atoms with Gasteiger partial charge in [-0.2, -0.15) is 0 Å². The van der Waals surface area contributed by atoms with E-state index in [1.807, 2.05) is 0 Å². The van der Waals surface area contributed by atoms with E-state index in [9.17, 15) is 14.4 Å².